The molecule has 0 saturated heterocycles. The molecule has 8 nitrogen and oxygen atoms in total. The summed E-state index contributed by atoms with van der Waals surface area (Å²) in [5, 5.41) is 7.72. The highest BCUT2D eigenvalue weighted by Crippen LogP contribution is 2.17. The first kappa shape index (κ1) is 19.0. The molecule has 3 rings (SSSR count). The Morgan fingerprint density at radius 1 is 1.22 bits per heavy atom. The van der Waals surface area contributed by atoms with Gasteiger partial charge in [-0.15, -0.1) is 0 Å². The number of amides is 1. The molecule has 0 bridgehead atoms. The van der Waals surface area contributed by atoms with Crippen molar-refractivity contribution in [3.05, 3.63) is 53.5 Å². The molecule has 1 amide bonds. The average molecular weight is 383 g/mol. The Kier molecular flexibility index (Phi) is 6.12. The van der Waals surface area contributed by atoms with E-state index in [2.05, 4.69) is 30.4 Å². The molecule has 0 spiro atoms. The predicted octanol–water partition coefficient (Wildman–Crippen LogP) is 2.04. The lowest BCUT2D eigenvalue weighted by molar-refractivity contribution is -0.121. The summed E-state index contributed by atoms with van der Waals surface area (Å²) in [5.74, 6) is 0.672. The predicted molar refractivity (Wildman–Crippen MR) is 103 cm³/mol. The molecule has 0 aliphatic heterocycles. The van der Waals surface area contributed by atoms with Crippen molar-refractivity contribution in [2.75, 3.05) is 6.26 Å². The first-order valence-corrected chi connectivity index (χ1v) is 9.74. The third-order valence-corrected chi connectivity index (χ3v) is 4.68. The Hall–Kier alpha value is -2.81. The number of carbonyl (C=O) groups is 1. The number of hydrogen-bond acceptors (Lipinski definition) is 7. The van der Waals surface area contributed by atoms with Crippen LogP contribution in [0.5, 0.6) is 0 Å². The third-order valence-electron chi connectivity index (χ3n) is 4.14. The first-order valence-electron chi connectivity index (χ1n) is 8.51. The first-order chi connectivity index (χ1) is 13.1. The SMILES string of the molecule is CSc1nc(C)c(CCC(=O)NCc2ccc(-n3cncn3)nc2)c(C)n1. The second kappa shape index (κ2) is 8.72. The minimum absolute atomic E-state index is 0.0110. The normalized spacial score (nSPS) is 10.8. The van der Waals surface area contributed by atoms with Gasteiger partial charge in [0.05, 0.1) is 0 Å². The van der Waals surface area contributed by atoms with Gasteiger partial charge in [0.2, 0.25) is 5.91 Å². The quantitative estimate of drug-likeness (QED) is 0.492. The molecule has 3 heterocycles. The minimum Gasteiger partial charge on any atom is -0.352 e. The molecule has 0 radical (unpaired) electrons. The lowest BCUT2D eigenvalue weighted by Crippen LogP contribution is -2.23. The Bertz CT molecular complexity index is 887. The second-order valence-electron chi connectivity index (χ2n) is 6.00. The van der Waals surface area contributed by atoms with Crippen molar-refractivity contribution in [2.24, 2.45) is 0 Å². The number of aryl methyl sites for hydroxylation is 2. The standard InChI is InChI=1S/C18H21N7OS/c1-12-15(13(2)24-18(23-12)27-3)5-7-17(26)21-9-14-4-6-16(20-8-14)25-11-19-10-22-25/h4,6,8,10-11H,5,7,9H2,1-3H3,(H,21,26). The van der Waals surface area contributed by atoms with E-state index in [1.54, 1.807) is 17.2 Å². The number of hydrogen-bond donors (Lipinski definition) is 1. The Morgan fingerprint density at radius 2 is 2.00 bits per heavy atom. The molecule has 0 saturated carbocycles. The molecule has 0 unspecified atom stereocenters. The lowest BCUT2D eigenvalue weighted by Gasteiger charge is -2.10. The summed E-state index contributed by atoms with van der Waals surface area (Å²) in [6.45, 7) is 4.36. The van der Waals surface area contributed by atoms with Crippen molar-refractivity contribution in [2.45, 2.75) is 38.4 Å². The van der Waals surface area contributed by atoms with Crippen molar-refractivity contribution in [1.29, 1.82) is 0 Å². The summed E-state index contributed by atoms with van der Waals surface area (Å²) < 4.78 is 1.58. The van der Waals surface area contributed by atoms with Gasteiger partial charge in [-0.2, -0.15) is 5.10 Å². The molecule has 0 aliphatic rings. The van der Waals surface area contributed by atoms with Crippen LogP contribution >= 0.6 is 11.8 Å². The van der Waals surface area contributed by atoms with E-state index in [1.165, 1.54) is 18.1 Å². The zero-order valence-corrected chi connectivity index (χ0v) is 16.3. The number of nitrogens with zero attached hydrogens (tertiary/aromatic N) is 6. The molecule has 1 N–H and O–H groups in total. The van der Waals surface area contributed by atoms with Crippen LogP contribution in [0.25, 0.3) is 5.82 Å². The van der Waals surface area contributed by atoms with Crippen LogP contribution in [0.3, 0.4) is 0 Å². The number of pyridine rings is 1. The molecule has 0 aliphatic carbocycles. The van der Waals surface area contributed by atoms with E-state index in [-0.39, 0.29) is 5.91 Å². The van der Waals surface area contributed by atoms with Crippen LogP contribution in [-0.2, 0) is 17.8 Å². The van der Waals surface area contributed by atoms with Gasteiger partial charge in [-0.25, -0.2) is 24.6 Å². The topological polar surface area (TPSA) is 98.5 Å². The van der Waals surface area contributed by atoms with Crippen molar-refractivity contribution in [1.82, 2.24) is 35.0 Å². The molecule has 9 heteroatoms. The van der Waals surface area contributed by atoms with E-state index in [0.717, 1.165) is 27.7 Å². The summed E-state index contributed by atoms with van der Waals surface area (Å²) in [6.07, 6.45) is 7.74. The molecule has 0 aromatic carbocycles. The van der Waals surface area contributed by atoms with Gasteiger partial charge in [-0.1, -0.05) is 17.8 Å². The van der Waals surface area contributed by atoms with Crippen LogP contribution in [0, 0.1) is 13.8 Å². The Labute approximate surface area is 161 Å². The summed E-state index contributed by atoms with van der Waals surface area (Å²) in [6, 6.07) is 3.75. The highest BCUT2D eigenvalue weighted by atomic mass is 32.2. The summed E-state index contributed by atoms with van der Waals surface area (Å²) in [7, 11) is 0. The molecule has 3 aromatic heterocycles. The van der Waals surface area contributed by atoms with Crippen LogP contribution in [0.4, 0.5) is 0 Å². The van der Waals surface area contributed by atoms with Gasteiger partial charge in [0.15, 0.2) is 11.0 Å². The number of nitrogens with one attached hydrogen (secondary N) is 1. The minimum atomic E-state index is -0.0110. The van der Waals surface area contributed by atoms with Crippen LogP contribution < -0.4 is 5.32 Å². The Morgan fingerprint density at radius 3 is 2.59 bits per heavy atom. The molecular weight excluding hydrogens is 362 g/mol. The van der Waals surface area contributed by atoms with Gasteiger partial charge in [-0.05, 0) is 43.7 Å². The van der Waals surface area contributed by atoms with E-state index in [4.69, 9.17) is 0 Å². The summed E-state index contributed by atoms with van der Waals surface area (Å²) in [4.78, 5) is 29.3. The third kappa shape index (κ3) is 4.88. The van der Waals surface area contributed by atoms with Crippen LogP contribution in [0.2, 0.25) is 0 Å². The van der Waals surface area contributed by atoms with Gasteiger partial charge in [0.1, 0.15) is 12.7 Å². The lowest BCUT2D eigenvalue weighted by atomic mass is 10.1. The molecule has 0 fully saturated rings. The molecule has 27 heavy (non-hydrogen) atoms. The van der Waals surface area contributed by atoms with E-state index in [1.807, 2.05) is 32.2 Å². The highest BCUT2D eigenvalue weighted by Gasteiger charge is 2.10. The molecule has 3 aromatic rings. The van der Waals surface area contributed by atoms with Crippen LogP contribution in [-0.4, -0.2) is 41.9 Å². The highest BCUT2D eigenvalue weighted by molar-refractivity contribution is 7.98. The maximum Gasteiger partial charge on any atom is 0.220 e. The summed E-state index contributed by atoms with van der Waals surface area (Å²) in [5.41, 5.74) is 3.84. The zero-order valence-electron chi connectivity index (χ0n) is 15.5. The van der Waals surface area contributed by atoms with Crippen molar-refractivity contribution >= 4 is 17.7 Å². The van der Waals surface area contributed by atoms with Crippen LogP contribution in [0.1, 0.15) is 28.9 Å². The molecular formula is C18H21N7OS. The van der Waals surface area contributed by atoms with E-state index < -0.39 is 0 Å². The van der Waals surface area contributed by atoms with Crippen molar-refractivity contribution < 1.29 is 4.79 Å². The van der Waals surface area contributed by atoms with Gasteiger partial charge >= 0.3 is 0 Å². The second-order valence-corrected chi connectivity index (χ2v) is 6.77. The maximum absolute atomic E-state index is 12.2. The largest absolute Gasteiger partial charge is 0.352 e. The zero-order chi connectivity index (χ0) is 19.2. The van der Waals surface area contributed by atoms with Gasteiger partial charge in [0.25, 0.3) is 0 Å². The monoisotopic (exact) mass is 383 g/mol. The number of rotatable bonds is 7. The average Bonchev–Trinajstić information content (AvgIpc) is 3.20. The van der Waals surface area contributed by atoms with Crippen LogP contribution in [0.15, 0.2) is 36.1 Å². The van der Waals surface area contributed by atoms with Gasteiger partial charge in [0, 0.05) is 30.6 Å². The van der Waals surface area contributed by atoms with E-state index in [0.29, 0.717) is 25.2 Å². The van der Waals surface area contributed by atoms with Gasteiger partial charge < -0.3 is 5.32 Å². The number of carbonyl (C=O) groups excluding carboxylic acids is 1. The maximum atomic E-state index is 12.2. The fourth-order valence-corrected chi connectivity index (χ4v) is 3.13. The fourth-order valence-electron chi connectivity index (χ4n) is 2.67. The Balaban J connectivity index is 1.51. The number of aromatic nitrogens is 6. The van der Waals surface area contributed by atoms with E-state index >= 15 is 0 Å². The smallest absolute Gasteiger partial charge is 0.220 e. The molecule has 140 valence electrons. The van der Waals surface area contributed by atoms with Gasteiger partial charge in [-0.3, -0.25) is 4.79 Å². The molecule has 0 atom stereocenters. The fraction of sp³-hybridized carbons (Fsp3) is 0.333. The van der Waals surface area contributed by atoms with Crippen molar-refractivity contribution in [3.8, 4) is 5.82 Å². The van der Waals surface area contributed by atoms with Crippen molar-refractivity contribution in [3.63, 3.8) is 0 Å². The number of thioether (sulfide) groups is 1. The summed E-state index contributed by atoms with van der Waals surface area (Å²) >= 11 is 1.52. The van der Waals surface area contributed by atoms with E-state index in [9.17, 15) is 4.79 Å².